The number of H-pyrrole nitrogens is 1. The summed E-state index contributed by atoms with van der Waals surface area (Å²) in [7, 11) is 0. The minimum Gasteiger partial charge on any atom is -0.492 e. The van der Waals surface area contributed by atoms with E-state index in [0.29, 0.717) is 0 Å². The number of hydrogen-bond acceptors (Lipinski definition) is 4. The van der Waals surface area contributed by atoms with E-state index in [-0.39, 0.29) is 5.56 Å². The molecule has 0 aliphatic carbocycles. The normalized spacial score (nSPS) is 18.5. The van der Waals surface area contributed by atoms with E-state index in [1.165, 1.54) is 37.9 Å². The highest BCUT2D eigenvalue weighted by Crippen LogP contribution is 2.29. The van der Waals surface area contributed by atoms with Gasteiger partial charge in [-0.15, -0.1) is 0 Å². The number of ether oxygens (including phenoxy) is 1. The number of rotatable bonds is 4. The van der Waals surface area contributed by atoms with Crippen LogP contribution in [0.4, 0.5) is 0 Å². The highest BCUT2D eigenvalue weighted by Gasteiger charge is 2.17. The second-order valence-corrected chi connectivity index (χ2v) is 7.78. The smallest absolute Gasteiger partial charge is 0.252 e. The fraction of sp³-hybridized carbons (Fsp3) is 0.526. The first kappa shape index (κ1) is 16.0. The lowest BCUT2D eigenvalue weighted by molar-refractivity contribution is 0.183. The number of thioether (sulfide) groups is 1. The number of hydrogen-bond donors (Lipinski definition) is 1. The molecule has 1 aromatic heterocycles. The summed E-state index contributed by atoms with van der Waals surface area (Å²) in [4.78, 5) is 17.7. The Balaban J connectivity index is 1.52. The Bertz CT molecular complexity index is 781. The van der Waals surface area contributed by atoms with Crippen molar-refractivity contribution in [2.24, 2.45) is 0 Å². The van der Waals surface area contributed by atoms with Crippen LogP contribution in [0.1, 0.15) is 30.4 Å². The number of likely N-dealkylation sites (tertiary alicyclic amines) is 1. The van der Waals surface area contributed by atoms with Crippen LogP contribution in [0.15, 0.2) is 23.0 Å². The molecule has 3 heterocycles. The maximum absolute atomic E-state index is 12.2. The number of nitrogens with zero attached hydrogens (tertiary/aromatic N) is 1. The topological polar surface area (TPSA) is 45.3 Å². The van der Waals surface area contributed by atoms with Crippen LogP contribution in [-0.2, 0) is 12.2 Å². The van der Waals surface area contributed by atoms with Gasteiger partial charge in [0, 0.05) is 28.8 Å². The van der Waals surface area contributed by atoms with Gasteiger partial charge < -0.3 is 9.72 Å². The molecule has 0 saturated carbocycles. The van der Waals surface area contributed by atoms with E-state index in [4.69, 9.17) is 4.74 Å². The zero-order valence-corrected chi connectivity index (χ0v) is 14.8. The van der Waals surface area contributed by atoms with E-state index in [9.17, 15) is 4.79 Å². The van der Waals surface area contributed by atoms with Crippen LogP contribution < -0.4 is 10.3 Å². The quantitative estimate of drug-likeness (QED) is 0.925. The summed E-state index contributed by atoms with van der Waals surface area (Å²) in [5.74, 6) is 2.82. The first-order valence-corrected chi connectivity index (χ1v) is 10.1. The third kappa shape index (κ3) is 3.33. The third-order valence-electron chi connectivity index (χ3n) is 5.07. The van der Waals surface area contributed by atoms with E-state index in [1.54, 1.807) is 0 Å². The van der Waals surface area contributed by atoms with Crippen LogP contribution >= 0.6 is 11.8 Å². The molecule has 0 bridgehead atoms. The highest BCUT2D eigenvalue weighted by molar-refractivity contribution is 7.98. The van der Waals surface area contributed by atoms with Crippen molar-refractivity contribution in [2.45, 2.75) is 31.4 Å². The molecule has 0 spiro atoms. The van der Waals surface area contributed by atoms with Gasteiger partial charge >= 0.3 is 0 Å². The molecule has 2 aliphatic heterocycles. The minimum atomic E-state index is 0.0727. The molecule has 2 aliphatic rings. The van der Waals surface area contributed by atoms with Gasteiger partial charge in [0.15, 0.2) is 0 Å². The summed E-state index contributed by atoms with van der Waals surface area (Å²) >= 11 is 1.84. The molecule has 0 amide bonds. The molecule has 4 rings (SSSR count). The van der Waals surface area contributed by atoms with E-state index in [1.807, 2.05) is 23.9 Å². The van der Waals surface area contributed by atoms with Gasteiger partial charge in [0.1, 0.15) is 12.4 Å². The molecule has 1 aromatic carbocycles. The van der Waals surface area contributed by atoms with Gasteiger partial charge in [0.2, 0.25) is 0 Å². The van der Waals surface area contributed by atoms with E-state index in [0.717, 1.165) is 53.3 Å². The Labute approximate surface area is 146 Å². The Morgan fingerprint density at radius 2 is 2.04 bits per heavy atom. The zero-order chi connectivity index (χ0) is 16.4. The maximum atomic E-state index is 12.2. The number of benzene rings is 1. The summed E-state index contributed by atoms with van der Waals surface area (Å²) in [5.41, 5.74) is 3.16. The lowest BCUT2D eigenvalue weighted by Gasteiger charge is -2.26. The number of pyridine rings is 1. The molecule has 24 heavy (non-hydrogen) atoms. The third-order valence-corrected chi connectivity index (χ3v) is 6.06. The standard InChI is InChI=1S/C19H24N2O2S/c22-19-17-13-24-11-6-15(17)16-12-14(4-5-18(16)20-19)23-10-9-21-7-2-1-3-8-21/h4-5,12H,1-3,6-11,13H2,(H,20,22). The molecule has 4 nitrogen and oxygen atoms in total. The number of aromatic amines is 1. The fourth-order valence-electron chi connectivity index (χ4n) is 3.73. The van der Waals surface area contributed by atoms with Gasteiger partial charge in [-0.05, 0) is 61.9 Å². The molecule has 2 aromatic rings. The average molecular weight is 344 g/mol. The van der Waals surface area contributed by atoms with Crippen molar-refractivity contribution in [1.82, 2.24) is 9.88 Å². The summed E-state index contributed by atoms with van der Waals surface area (Å²) in [5, 5.41) is 1.15. The van der Waals surface area contributed by atoms with E-state index in [2.05, 4.69) is 16.0 Å². The minimum absolute atomic E-state index is 0.0727. The van der Waals surface area contributed by atoms with Crippen molar-refractivity contribution in [1.29, 1.82) is 0 Å². The zero-order valence-electron chi connectivity index (χ0n) is 14.0. The number of fused-ring (bicyclic) bond motifs is 3. The average Bonchev–Trinajstić information content (AvgIpc) is 2.63. The van der Waals surface area contributed by atoms with Gasteiger partial charge in [-0.1, -0.05) is 6.42 Å². The number of piperidine rings is 1. The van der Waals surface area contributed by atoms with Crippen LogP contribution in [0.3, 0.4) is 0 Å². The SMILES string of the molecule is O=c1[nH]c2ccc(OCCN3CCCCC3)cc2c2c1CSCC2. The van der Waals surface area contributed by atoms with Crippen LogP contribution in [0, 0.1) is 0 Å². The van der Waals surface area contributed by atoms with Gasteiger partial charge in [-0.2, -0.15) is 11.8 Å². The van der Waals surface area contributed by atoms with Crippen LogP contribution in [0.25, 0.3) is 10.9 Å². The van der Waals surface area contributed by atoms with E-state index >= 15 is 0 Å². The molecular weight excluding hydrogens is 320 g/mol. The van der Waals surface area contributed by atoms with Gasteiger partial charge in [0.05, 0.1) is 0 Å². The summed E-state index contributed by atoms with van der Waals surface area (Å²) < 4.78 is 6.00. The maximum Gasteiger partial charge on any atom is 0.252 e. The van der Waals surface area contributed by atoms with Crippen molar-refractivity contribution < 1.29 is 4.74 Å². The van der Waals surface area contributed by atoms with Crippen molar-refractivity contribution >= 4 is 22.7 Å². The van der Waals surface area contributed by atoms with Crippen LogP contribution in [-0.4, -0.2) is 41.9 Å². The molecule has 0 unspecified atom stereocenters. The second kappa shape index (κ2) is 7.19. The highest BCUT2D eigenvalue weighted by atomic mass is 32.2. The van der Waals surface area contributed by atoms with Crippen LogP contribution in [0.5, 0.6) is 5.75 Å². The lowest BCUT2D eigenvalue weighted by atomic mass is 10.0. The second-order valence-electron chi connectivity index (χ2n) is 6.67. The monoisotopic (exact) mass is 344 g/mol. The molecular formula is C19H24N2O2S. The van der Waals surface area contributed by atoms with Gasteiger partial charge in [-0.3, -0.25) is 9.69 Å². The Hall–Kier alpha value is -1.46. The summed E-state index contributed by atoms with van der Waals surface area (Å²) in [6.45, 7) is 4.13. The van der Waals surface area contributed by atoms with Crippen molar-refractivity contribution in [3.05, 3.63) is 39.7 Å². The Kier molecular flexibility index (Phi) is 4.81. The molecule has 1 fully saturated rings. The van der Waals surface area contributed by atoms with Gasteiger partial charge in [-0.25, -0.2) is 0 Å². The molecule has 1 N–H and O–H groups in total. The first-order valence-electron chi connectivity index (χ1n) is 8.92. The number of nitrogens with one attached hydrogen (secondary N) is 1. The molecule has 1 saturated heterocycles. The van der Waals surface area contributed by atoms with E-state index < -0.39 is 0 Å². The summed E-state index contributed by atoms with van der Waals surface area (Å²) in [6.07, 6.45) is 4.96. The lowest BCUT2D eigenvalue weighted by Crippen LogP contribution is -2.33. The number of aryl methyl sites for hydroxylation is 1. The Morgan fingerprint density at radius 3 is 2.92 bits per heavy atom. The summed E-state index contributed by atoms with van der Waals surface area (Å²) in [6, 6.07) is 6.06. The molecule has 5 heteroatoms. The predicted molar refractivity (Wildman–Crippen MR) is 100 cm³/mol. The van der Waals surface area contributed by atoms with Crippen molar-refractivity contribution in [2.75, 3.05) is 32.0 Å². The van der Waals surface area contributed by atoms with Gasteiger partial charge in [0.25, 0.3) is 5.56 Å². The number of aromatic nitrogens is 1. The molecule has 128 valence electrons. The van der Waals surface area contributed by atoms with Crippen molar-refractivity contribution in [3.8, 4) is 5.75 Å². The fourth-order valence-corrected chi connectivity index (χ4v) is 4.73. The molecule has 0 atom stereocenters. The van der Waals surface area contributed by atoms with Crippen LogP contribution in [0.2, 0.25) is 0 Å². The largest absolute Gasteiger partial charge is 0.492 e. The predicted octanol–water partition coefficient (Wildman–Crippen LogP) is 3.18. The first-order chi connectivity index (χ1) is 11.8. The van der Waals surface area contributed by atoms with Crippen molar-refractivity contribution in [3.63, 3.8) is 0 Å². The molecule has 0 radical (unpaired) electrons. The Morgan fingerprint density at radius 1 is 1.17 bits per heavy atom.